The Bertz CT molecular complexity index is 492. The van der Waals surface area contributed by atoms with E-state index in [4.69, 9.17) is 5.73 Å². The van der Waals surface area contributed by atoms with E-state index in [-0.39, 0.29) is 0 Å². The Morgan fingerprint density at radius 2 is 2.25 bits per heavy atom. The summed E-state index contributed by atoms with van der Waals surface area (Å²) in [4.78, 5) is 4.46. The highest BCUT2D eigenvalue weighted by molar-refractivity contribution is 9.10. The van der Waals surface area contributed by atoms with Gasteiger partial charge in [0.1, 0.15) is 5.82 Å². The molecule has 0 bridgehead atoms. The van der Waals surface area contributed by atoms with Crippen molar-refractivity contribution in [2.75, 3.05) is 6.54 Å². The summed E-state index contributed by atoms with van der Waals surface area (Å²) in [6.07, 6.45) is 0.748. The van der Waals surface area contributed by atoms with Gasteiger partial charge in [-0.25, -0.2) is 4.98 Å². The van der Waals surface area contributed by atoms with Gasteiger partial charge in [-0.15, -0.1) is 0 Å². The quantitative estimate of drug-likeness (QED) is 0.932. The van der Waals surface area contributed by atoms with Crippen LogP contribution >= 0.6 is 15.9 Å². The molecule has 0 aliphatic rings. The van der Waals surface area contributed by atoms with E-state index in [9.17, 15) is 0 Å². The maximum atomic E-state index is 5.51. The van der Waals surface area contributed by atoms with E-state index >= 15 is 0 Å². The highest BCUT2D eigenvalue weighted by Gasteiger charge is 2.08. The van der Waals surface area contributed by atoms with Gasteiger partial charge in [-0.05, 0) is 18.7 Å². The van der Waals surface area contributed by atoms with Crippen LogP contribution in [0.15, 0.2) is 28.7 Å². The van der Waals surface area contributed by atoms with Gasteiger partial charge in [0.25, 0.3) is 0 Å². The number of aryl methyl sites for hydroxylation is 1. The highest BCUT2D eigenvalue weighted by Crippen LogP contribution is 2.20. The Kier molecular flexibility index (Phi) is 3.36. The molecule has 0 aliphatic carbocycles. The number of benzene rings is 1. The normalized spacial score (nSPS) is 10.7. The van der Waals surface area contributed by atoms with E-state index in [0.717, 1.165) is 28.1 Å². The zero-order valence-corrected chi connectivity index (χ0v) is 10.6. The molecule has 0 saturated heterocycles. The molecular formula is C11H13BrN4. The summed E-state index contributed by atoms with van der Waals surface area (Å²) in [7, 11) is 1.89. The van der Waals surface area contributed by atoms with Crippen molar-refractivity contribution in [2.24, 2.45) is 12.8 Å². The second-order valence-electron chi connectivity index (χ2n) is 3.52. The lowest BCUT2D eigenvalue weighted by molar-refractivity contribution is 0.697. The minimum atomic E-state index is 0.588. The molecule has 0 atom stereocenters. The average molecular weight is 281 g/mol. The molecule has 2 rings (SSSR count). The van der Waals surface area contributed by atoms with Gasteiger partial charge in [0, 0.05) is 23.5 Å². The lowest BCUT2D eigenvalue weighted by Gasteiger charge is -1.94. The topological polar surface area (TPSA) is 56.7 Å². The first-order valence-electron chi connectivity index (χ1n) is 5.06. The number of nitrogens with zero attached hydrogens (tertiary/aromatic N) is 3. The predicted octanol–water partition coefficient (Wildman–Crippen LogP) is 1.75. The van der Waals surface area contributed by atoms with Crippen LogP contribution in [0.5, 0.6) is 0 Å². The predicted molar refractivity (Wildman–Crippen MR) is 66.9 cm³/mol. The standard InChI is InChI=1S/C11H13BrN4/c1-16-10(5-6-13)14-11(15-16)8-3-2-4-9(12)7-8/h2-4,7H,5-6,13H2,1H3. The third kappa shape index (κ3) is 2.31. The van der Waals surface area contributed by atoms with Crippen molar-refractivity contribution in [2.45, 2.75) is 6.42 Å². The fourth-order valence-electron chi connectivity index (χ4n) is 1.51. The van der Waals surface area contributed by atoms with E-state index in [2.05, 4.69) is 26.0 Å². The van der Waals surface area contributed by atoms with Gasteiger partial charge in [0.2, 0.25) is 0 Å². The van der Waals surface area contributed by atoms with Crippen molar-refractivity contribution >= 4 is 15.9 Å². The molecule has 0 amide bonds. The summed E-state index contributed by atoms with van der Waals surface area (Å²) < 4.78 is 2.81. The summed E-state index contributed by atoms with van der Waals surface area (Å²) in [6.45, 7) is 0.588. The smallest absolute Gasteiger partial charge is 0.181 e. The van der Waals surface area contributed by atoms with Crippen molar-refractivity contribution < 1.29 is 0 Å². The summed E-state index contributed by atoms with van der Waals surface area (Å²) in [5, 5.41) is 4.37. The van der Waals surface area contributed by atoms with Gasteiger partial charge in [0.05, 0.1) is 0 Å². The molecule has 1 heterocycles. The largest absolute Gasteiger partial charge is 0.330 e. The van der Waals surface area contributed by atoms with Crippen molar-refractivity contribution in [3.05, 3.63) is 34.6 Å². The minimum absolute atomic E-state index is 0.588. The van der Waals surface area contributed by atoms with Crippen molar-refractivity contribution in [3.63, 3.8) is 0 Å². The van der Waals surface area contributed by atoms with Gasteiger partial charge in [0.15, 0.2) is 5.82 Å². The minimum Gasteiger partial charge on any atom is -0.330 e. The van der Waals surface area contributed by atoms with Gasteiger partial charge in [-0.1, -0.05) is 28.1 Å². The first-order valence-corrected chi connectivity index (χ1v) is 5.86. The molecule has 0 spiro atoms. The third-order valence-electron chi connectivity index (χ3n) is 2.30. The van der Waals surface area contributed by atoms with Crippen LogP contribution < -0.4 is 5.73 Å². The molecule has 16 heavy (non-hydrogen) atoms. The molecule has 1 aromatic heterocycles. The molecular weight excluding hydrogens is 268 g/mol. The van der Waals surface area contributed by atoms with Gasteiger partial charge in [-0.2, -0.15) is 5.10 Å². The lowest BCUT2D eigenvalue weighted by Crippen LogP contribution is -2.08. The molecule has 0 aliphatic heterocycles. The van der Waals surface area contributed by atoms with Crippen LogP contribution in [0.25, 0.3) is 11.4 Å². The summed E-state index contributed by atoms with van der Waals surface area (Å²) in [5.41, 5.74) is 6.52. The molecule has 0 radical (unpaired) electrons. The van der Waals surface area contributed by atoms with Gasteiger partial charge in [-0.3, -0.25) is 4.68 Å². The highest BCUT2D eigenvalue weighted by atomic mass is 79.9. The Morgan fingerprint density at radius 1 is 1.44 bits per heavy atom. The second-order valence-corrected chi connectivity index (χ2v) is 4.44. The van der Waals surface area contributed by atoms with E-state index in [1.807, 2.05) is 31.3 Å². The van der Waals surface area contributed by atoms with Crippen LogP contribution in [0.3, 0.4) is 0 Å². The molecule has 2 aromatic rings. The second kappa shape index (κ2) is 4.76. The molecule has 1 aromatic carbocycles. The first kappa shape index (κ1) is 11.3. The molecule has 4 nitrogen and oxygen atoms in total. The van der Waals surface area contributed by atoms with Crippen molar-refractivity contribution in [1.82, 2.24) is 14.8 Å². The van der Waals surface area contributed by atoms with E-state index in [0.29, 0.717) is 6.54 Å². The average Bonchev–Trinajstić information content (AvgIpc) is 2.61. The maximum absolute atomic E-state index is 5.51. The Morgan fingerprint density at radius 3 is 2.94 bits per heavy atom. The number of rotatable bonds is 3. The molecule has 5 heteroatoms. The number of nitrogens with two attached hydrogens (primary N) is 1. The van der Waals surface area contributed by atoms with Crippen molar-refractivity contribution in [3.8, 4) is 11.4 Å². The van der Waals surface area contributed by atoms with E-state index < -0.39 is 0 Å². The summed E-state index contributed by atoms with van der Waals surface area (Å²) in [6, 6.07) is 7.94. The molecule has 2 N–H and O–H groups in total. The molecule has 84 valence electrons. The Hall–Kier alpha value is -1.20. The van der Waals surface area contributed by atoms with Crippen LogP contribution in [0.1, 0.15) is 5.82 Å². The van der Waals surface area contributed by atoms with Crippen LogP contribution in [0, 0.1) is 0 Å². The Labute approximate surface area is 103 Å². The monoisotopic (exact) mass is 280 g/mol. The lowest BCUT2D eigenvalue weighted by atomic mass is 10.2. The van der Waals surface area contributed by atoms with Crippen LogP contribution in [0.4, 0.5) is 0 Å². The van der Waals surface area contributed by atoms with Crippen LogP contribution in [-0.2, 0) is 13.5 Å². The zero-order valence-electron chi connectivity index (χ0n) is 9.02. The summed E-state index contributed by atoms with van der Waals surface area (Å²) in [5.74, 6) is 1.66. The number of hydrogen-bond acceptors (Lipinski definition) is 3. The van der Waals surface area contributed by atoms with E-state index in [1.54, 1.807) is 4.68 Å². The molecule has 0 fully saturated rings. The number of aromatic nitrogens is 3. The van der Waals surface area contributed by atoms with Crippen LogP contribution in [0.2, 0.25) is 0 Å². The zero-order chi connectivity index (χ0) is 11.5. The van der Waals surface area contributed by atoms with Crippen LogP contribution in [-0.4, -0.2) is 21.3 Å². The van der Waals surface area contributed by atoms with Gasteiger partial charge < -0.3 is 5.73 Å². The van der Waals surface area contributed by atoms with E-state index in [1.165, 1.54) is 0 Å². The van der Waals surface area contributed by atoms with Gasteiger partial charge >= 0.3 is 0 Å². The Balaban J connectivity index is 2.37. The first-order chi connectivity index (χ1) is 7.70. The number of hydrogen-bond donors (Lipinski definition) is 1. The van der Waals surface area contributed by atoms with Crippen molar-refractivity contribution in [1.29, 1.82) is 0 Å². The third-order valence-corrected chi connectivity index (χ3v) is 2.80. The molecule has 0 saturated carbocycles. The fourth-order valence-corrected chi connectivity index (χ4v) is 1.91. The molecule has 0 unspecified atom stereocenters. The number of halogens is 1. The SMILES string of the molecule is Cn1nc(-c2cccc(Br)c2)nc1CCN. The fraction of sp³-hybridized carbons (Fsp3) is 0.273. The summed E-state index contributed by atoms with van der Waals surface area (Å²) >= 11 is 3.43. The maximum Gasteiger partial charge on any atom is 0.181 e.